The molecule has 0 unspecified atom stereocenters. The Morgan fingerprint density at radius 2 is 2.05 bits per heavy atom. The summed E-state index contributed by atoms with van der Waals surface area (Å²) in [5, 5.41) is 9.52. The van der Waals surface area contributed by atoms with Gasteiger partial charge in [0.1, 0.15) is 4.90 Å². The van der Waals surface area contributed by atoms with Gasteiger partial charge in [0.2, 0.25) is 10.0 Å². The molecule has 1 aromatic carbocycles. The van der Waals surface area contributed by atoms with E-state index in [9.17, 15) is 8.42 Å². The lowest BCUT2D eigenvalue weighted by molar-refractivity contribution is 0.283. The quantitative estimate of drug-likeness (QED) is 0.767. The molecule has 2 aromatic rings. The van der Waals surface area contributed by atoms with E-state index < -0.39 is 10.0 Å². The molecule has 0 atom stereocenters. The molecular formula is C15H20N2O3S. The fraction of sp³-hybridized carbons (Fsp3) is 0.400. The molecule has 0 saturated carbocycles. The van der Waals surface area contributed by atoms with Crippen LogP contribution in [0.25, 0.3) is 10.9 Å². The topological polar surface area (TPSA) is 79.3 Å². The van der Waals surface area contributed by atoms with Crippen molar-refractivity contribution in [2.24, 2.45) is 0 Å². The molecule has 0 aliphatic carbocycles. The second kappa shape index (κ2) is 6.98. The number of aromatic nitrogens is 1. The number of nitrogens with one attached hydrogen (secondary N) is 1. The van der Waals surface area contributed by atoms with Gasteiger partial charge < -0.3 is 5.11 Å². The van der Waals surface area contributed by atoms with Gasteiger partial charge in [0.15, 0.2) is 0 Å². The van der Waals surface area contributed by atoms with Crippen molar-refractivity contribution in [1.82, 2.24) is 9.71 Å². The Kier molecular flexibility index (Phi) is 5.27. The number of fused-ring (bicyclic) bond motifs is 1. The maximum Gasteiger partial charge on any atom is 0.242 e. The first-order valence-electron chi connectivity index (χ1n) is 7.00. The molecule has 0 aliphatic rings. The molecule has 0 bridgehead atoms. The molecule has 114 valence electrons. The van der Waals surface area contributed by atoms with E-state index in [2.05, 4.69) is 9.71 Å². The maximum absolute atomic E-state index is 12.4. The van der Waals surface area contributed by atoms with Crippen LogP contribution in [0.1, 0.15) is 24.8 Å². The highest BCUT2D eigenvalue weighted by molar-refractivity contribution is 7.89. The van der Waals surface area contributed by atoms with Crippen molar-refractivity contribution in [1.29, 1.82) is 0 Å². The van der Waals surface area contributed by atoms with E-state index in [0.29, 0.717) is 24.9 Å². The molecule has 0 fully saturated rings. The van der Waals surface area contributed by atoms with E-state index in [-0.39, 0.29) is 11.5 Å². The smallest absolute Gasteiger partial charge is 0.242 e. The lowest BCUT2D eigenvalue weighted by atomic mass is 10.2. The second-order valence-corrected chi connectivity index (χ2v) is 6.76. The van der Waals surface area contributed by atoms with Crippen LogP contribution >= 0.6 is 0 Å². The standard InChI is InChI=1S/C15H20N2O3S/c1-12-10-13-6-5-7-14(15(13)16-11-12)21(19,20)17-8-3-2-4-9-18/h5-7,10-11,17-18H,2-4,8-9H2,1H3. The number of aliphatic hydroxyl groups is 1. The monoisotopic (exact) mass is 308 g/mol. The molecule has 0 radical (unpaired) electrons. The lowest BCUT2D eigenvalue weighted by Crippen LogP contribution is -2.25. The summed E-state index contributed by atoms with van der Waals surface area (Å²) >= 11 is 0. The van der Waals surface area contributed by atoms with E-state index in [1.54, 1.807) is 18.3 Å². The number of nitrogens with zero attached hydrogens (tertiary/aromatic N) is 1. The highest BCUT2D eigenvalue weighted by atomic mass is 32.2. The Labute approximate surface area is 125 Å². The molecule has 5 nitrogen and oxygen atoms in total. The SMILES string of the molecule is Cc1cnc2c(S(=O)(=O)NCCCCCO)cccc2c1. The fourth-order valence-corrected chi connectivity index (χ4v) is 3.41. The maximum atomic E-state index is 12.4. The minimum atomic E-state index is -3.56. The number of benzene rings is 1. The van der Waals surface area contributed by atoms with Gasteiger partial charge in [-0.15, -0.1) is 0 Å². The average molecular weight is 308 g/mol. The number of sulfonamides is 1. The van der Waals surface area contributed by atoms with Crippen molar-refractivity contribution in [2.45, 2.75) is 31.1 Å². The zero-order chi connectivity index (χ0) is 15.3. The third kappa shape index (κ3) is 4.00. The Balaban J connectivity index is 2.20. The number of aliphatic hydroxyl groups excluding tert-OH is 1. The number of hydrogen-bond acceptors (Lipinski definition) is 4. The van der Waals surface area contributed by atoms with Gasteiger partial charge in [-0.05, 0) is 43.9 Å². The van der Waals surface area contributed by atoms with E-state index in [1.165, 1.54) is 0 Å². The highest BCUT2D eigenvalue weighted by Gasteiger charge is 2.17. The van der Waals surface area contributed by atoms with Gasteiger partial charge in [-0.2, -0.15) is 0 Å². The highest BCUT2D eigenvalue weighted by Crippen LogP contribution is 2.21. The summed E-state index contributed by atoms with van der Waals surface area (Å²) in [6, 6.07) is 7.07. The van der Waals surface area contributed by atoms with Crippen molar-refractivity contribution >= 4 is 20.9 Å². The zero-order valence-corrected chi connectivity index (χ0v) is 12.9. The Morgan fingerprint density at radius 1 is 1.24 bits per heavy atom. The molecule has 6 heteroatoms. The second-order valence-electron chi connectivity index (χ2n) is 5.02. The number of para-hydroxylation sites is 1. The summed E-state index contributed by atoms with van der Waals surface area (Å²) in [5.74, 6) is 0. The van der Waals surface area contributed by atoms with Crippen molar-refractivity contribution in [2.75, 3.05) is 13.2 Å². The van der Waals surface area contributed by atoms with Crippen LogP contribution in [0.4, 0.5) is 0 Å². The first-order chi connectivity index (χ1) is 10.0. The molecule has 1 heterocycles. The molecule has 0 aliphatic heterocycles. The van der Waals surface area contributed by atoms with Crippen LogP contribution < -0.4 is 4.72 Å². The van der Waals surface area contributed by atoms with Gasteiger partial charge >= 0.3 is 0 Å². The van der Waals surface area contributed by atoms with Gasteiger partial charge in [-0.3, -0.25) is 4.98 Å². The molecule has 21 heavy (non-hydrogen) atoms. The number of unbranched alkanes of at least 4 members (excludes halogenated alkanes) is 2. The summed E-state index contributed by atoms with van der Waals surface area (Å²) < 4.78 is 27.3. The normalized spacial score (nSPS) is 11.9. The predicted octanol–water partition coefficient (Wildman–Crippen LogP) is 1.98. The van der Waals surface area contributed by atoms with Crippen LogP contribution in [0.5, 0.6) is 0 Å². The first kappa shape index (κ1) is 15.9. The van der Waals surface area contributed by atoms with E-state index in [4.69, 9.17) is 5.11 Å². The first-order valence-corrected chi connectivity index (χ1v) is 8.49. The van der Waals surface area contributed by atoms with Crippen molar-refractivity contribution in [3.63, 3.8) is 0 Å². The van der Waals surface area contributed by atoms with Crippen LogP contribution in [-0.4, -0.2) is 31.7 Å². The molecule has 2 rings (SSSR count). The minimum Gasteiger partial charge on any atom is -0.396 e. The number of pyridine rings is 1. The summed E-state index contributed by atoms with van der Waals surface area (Å²) in [6.07, 6.45) is 3.86. The number of hydrogen-bond donors (Lipinski definition) is 2. The van der Waals surface area contributed by atoms with Gasteiger partial charge in [0.25, 0.3) is 0 Å². The van der Waals surface area contributed by atoms with Crippen LogP contribution in [0.3, 0.4) is 0 Å². The van der Waals surface area contributed by atoms with Crippen molar-refractivity contribution in [3.8, 4) is 0 Å². The summed E-state index contributed by atoms with van der Waals surface area (Å²) in [7, 11) is -3.56. The van der Waals surface area contributed by atoms with E-state index >= 15 is 0 Å². The zero-order valence-electron chi connectivity index (χ0n) is 12.0. The van der Waals surface area contributed by atoms with Crippen LogP contribution in [0, 0.1) is 6.92 Å². The van der Waals surface area contributed by atoms with Gasteiger partial charge in [-0.25, -0.2) is 13.1 Å². The Morgan fingerprint density at radius 3 is 2.81 bits per heavy atom. The summed E-state index contributed by atoms with van der Waals surface area (Å²) in [4.78, 5) is 4.46. The van der Waals surface area contributed by atoms with Gasteiger partial charge in [-0.1, -0.05) is 12.1 Å². The summed E-state index contributed by atoms with van der Waals surface area (Å²) in [5.41, 5.74) is 1.49. The number of aryl methyl sites for hydroxylation is 1. The molecular weight excluding hydrogens is 288 g/mol. The molecule has 2 N–H and O–H groups in total. The van der Waals surface area contributed by atoms with Gasteiger partial charge in [0, 0.05) is 24.7 Å². The summed E-state index contributed by atoms with van der Waals surface area (Å²) in [6.45, 7) is 2.43. The average Bonchev–Trinajstić information content (AvgIpc) is 2.46. The van der Waals surface area contributed by atoms with Gasteiger partial charge in [0.05, 0.1) is 5.52 Å². The van der Waals surface area contributed by atoms with Crippen molar-refractivity contribution in [3.05, 3.63) is 36.0 Å². The third-order valence-electron chi connectivity index (χ3n) is 3.23. The van der Waals surface area contributed by atoms with E-state index in [1.807, 2.05) is 19.1 Å². The largest absolute Gasteiger partial charge is 0.396 e. The number of rotatable bonds is 7. The molecule has 1 aromatic heterocycles. The Hall–Kier alpha value is -1.50. The minimum absolute atomic E-state index is 0.138. The van der Waals surface area contributed by atoms with Crippen LogP contribution in [0.2, 0.25) is 0 Å². The molecule has 0 saturated heterocycles. The Bertz CT molecular complexity index is 714. The molecule has 0 spiro atoms. The van der Waals surface area contributed by atoms with Crippen LogP contribution in [0.15, 0.2) is 35.4 Å². The van der Waals surface area contributed by atoms with E-state index in [0.717, 1.165) is 17.4 Å². The predicted molar refractivity (Wildman–Crippen MR) is 82.6 cm³/mol. The van der Waals surface area contributed by atoms with Crippen LogP contribution in [-0.2, 0) is 10.0 Å². The lowest BCUT2D eigenvalue weighted by Gasteiger charge is -2.09. The third-order valence-corrected chi connectivity index (χ3v) is 4.72. The van der Waals surface area contributed by atoms with Crippen molar-refractivity contribution < 1.29 is 13.5 Å². The fourth-order valence-electron chi connectivity index (χ4n) is 2.16. The molecule has 0 amide bonds.